The van der Waals surface area contributed by atoms with Crippen LogP contribution in [0.1, 0.15) is 105 Å². The van der Waals surface area contributed by atoms with Gasteiger partial charge in [0.05, 0.1) is 42.0 Å². The van der Waals surface area contributed by atoms with Gasteiger partial charge in [-0.05, 0) is 72.6 Å². The van der Waals surface area contributed by atoms with Crippen LogP contribution >= 0.6 is 46.4 Å². The summed E-state index contributed by atoms with van der Waals surface area (Å²) in [7, 11) is 0. The quantitative estimate of drug-likeness (QED) is 0.124. The average molecular weight is 782 g/mol. The third-order valence-electron chi connectivity index (χ3n) is 8.31. The van der Waals surface area contributed by atoms with Crippen molar-refractivity contribution in [3.05, 3.63) is 78.2 Å². The Bertz CT molecular complexity index is 1860. The minimum Gasteiger partial charge on any atom is -0.456 e. The number of hydrogen-bond donors (Lipinski definition) is 2. The van der Waals surface area contributed by atoms with E-state index < -0.39 is 40.2 Å². The maximum absolute atomic E-state index is 13.8. The second kappa shape index (κ2) is 14.5. The lowest BCUT2D eigenvalue weighted by atomic mass is 9.77. The summed E-state index contributed by atoms with van der Waals surface area (Å²) < 4.78 is 23.8. The van der Waals surface area contributed by atoms with Crippen LogP contribution in [0.25, 0.3) is 0 Å². The van der Waals surface area contributed by atoms with Crippen molar-refractivity contribution in [2.45, 2.75) is 72.8 Å². The average Bonchev–Trinajstić information content (AvgIpc) is 3.35. The van der Waals surface area contributed by atoms with E-state index in [1.807, 2.05) is 0 Å². The maximum atomic E-state index is 13.8. The molecule has 3 aromatic carbocycles. The molecule has 0 aromatic heterocycles. The van der Waals surface area contributed by atoms with E-state index in [-0.39, 0.29) is 77.5 Å². The highest BCUT2D eigenvalue weighted by Gasteiger charge is 2.57. The van der Waals surface area contributed by atoms with E-state index in [4.69, 9.17) is 70.5 Å². The van der Waals surface area contributed by atoms with E-state index in [1.165, 1.54) is 30.3 Å². The zero-order valence-electron chi connectivity index (χ0n) is 28.9. The molecule has 2 N–H and O–H groups in total. The van der Waals surface area contributed by atoms with Crippen LogP contribution in [0.3, 0.4) is 0 Å². The predicted octanol–water partition coefficient (Wildman–Crippen LogP) is 9.05. The molecule has 0 unspecified atom stereocenters. The normalized spacial score (nSPS) is 14.2. The van der Waals surface area contributed by atoms with Gasteiger partial charge in [0.25, 0.3) is 5.91 Å². The number of amides is 1. The smallest absolute Gasteiger partial charge is 0.341 e. The minimum absolute atomic E-state index is 0.0216. The molecule has 0 aliphatic carbocycles. The van der Waals surface area contributed by atoms with Crippen molar-refractivity contribution in [1.29, 1.82) is 0 Å². The molecule has 1 spiro atoms. The van der Waals surface area contributed by atoms with Crippen LogP contribution in [0.15, 0.2) is 30.3 Å². The summed E-state index contributed by atoms with van der Waals surface area (Å²) in [6.07, 6.45) is 2.92. The molecule has 5 rings (SSSR count). The fourth-order valence-electron chi connectivity index (χ4n) is 5.54. The molecular weight excluding hydrogens is 744 g/mol. The number of unbranched alkanes of at least 4 members (excludes halogenated alkanes) is 3. The molecule has 272 valence electrons. The van der Waals surface area contributed by atoms with Crippen molar-refractivity contribution >= 4 is 70.2 Å². The van der Waals surface area contributed by atoms with Gasteiger partial charge in [-0.15, -0.1) is 0 Å². The van der Waals surface area contributed by atoms with E-state index in [0.29, 0.717) is 19.4 Å². The van der Waals surface area contributed by atoms with Gasteiger partial charge in [-0.1, -0.05) is 59.2 Å². The lowest BCUT2D eigenvalue weighted by molar-refractivity contribution is -0.143. The predicted molar refractivity (Wildman–Crippen MR) is 193 cm³/mol. The van der Waals surface area contributed by atoms with E-state index in [1.54, 1.807) is 41.5 Å². The zero-order chi connectivity index (χ0) is 37.6. The Kier molecular flexibility index (Phi) is 11.0. The molecule has 1 amide bonds. The molecule has 0 saturated heterocycles. The van der Waals surface area contributed by atoms with Crippen LogP contribution in [0, 0.1) is 10.8 Å². The Morgan fingerprint density at radius 1 is 0.765 bits per heavy atom. The highest BCUT2D eigenvalue weighted by atomic mass is 35.5. The van der Waals surface area contributed by atoms with E-state index in [2.05, 4.69) is 5.32 Å². The number of hydrogen-bond acceptors (Lipinski definition) is 9. The first kappa shape index (κ1) is 38.7. The number of benzene rings is 3. The van der Waals surface area contributed by atoms with Gasteiger partial charge in [0.1, 0.15) is 11.5 Å². The topological polar surface area (TPSA) is 137 Å². The molecule has 0 atom stereocenters. The van der Waals surface area contributed by atoms with E-state index >= 15 is 0 Å². The molecule has 51 heavy (non-hydrogen) atoms. The summed E-state index contributed by atoms with van der Waals surface area (Å²) >= 11 is 27.2. The largest absolute Gasteiger partial charge is 0.456 e. The number of aliphatic hydroxyl groups excluding tert-OH is 1. The summed E-state index contributed by atoms with van der Waals surface area (Å²) in [5.41, 5.74) is -3.45. The SMILES string of the molecule is CC(C)(C)C(=O)Oc1cc2c(cc1Cl)C1(OC(=O)c3c(Cl)cc(C(=O)NCCCCCCO)c(Cl)c31)c1cc(Cl)c(OC(=O)C(C)(C)C)cc1O2. The number of carbonyl (C=O) groups excluding carboxylic acids is 4. The Hall–Kier alpha value is -3.54. The van der Waals surface area contributed by atoms with Crippen LogP contribution in [0.2, 0.25) is 20.1 Å². The maximum Gasteiger partial charge on any atom is 0.341 e. The third kappa shape index (κ3) is 7.39. The second-order valence-electron chi connectivity index (χ2n) is 14.4. The number of esters is 3. The summed E-state index contributed by atoms with van der Waals surface area (Å²) in [6.45, 7) is 10.5. The Labute approximate surface area is 315 Å². The molecule has 10 nitrogen and oxygen atoms in total. The molecule has 2 aliphatic rings. The van der Waals surface area contributed by atoms with Gasteiger partial charge in [-0.3, -0.25) is 14.4 Å². The fourth-order valence-corrected chi connectivity index (χ4v) is 6.60. The lowest BCUT2D eigenvalue weighted by Gasteiger charge is -2.37. The second-order valence-corrected chi connectivity index (χ2v) is 16.0. The van der Waals surface area contributed by atoms with Crippen molar-refractivity contribution < 1.29 is 43.2 Å². The summed E-state index contributed by atoms with van der Waals surface area (Å²) in [5.74, 6) is -2.53. The van der Waals surface area contributed by atoms with Crippen molar-refractivity contribution in [3.63, 3.8) is 0 Å². The monoisotopic (exact) mass is 779 g/mol. The summed E-state index contributed by atoms with van der Waals surface area (Å²) in [6, 6.07) is 6.87. The third-order valence-corrected chi connectivity index (χ3v) is 9.59. The molecule has 14 heteroatoms. The summed E-state index contributed by atoms with van der Waals surface area (Å²) in [5, 5.41) is 11.6. The molecule has 0 fully saturated rings. The zero-order valence-corrected chi connectivity index (χ0v) is 31.9. The van der Waals surface area contributed by atoms with Gasteiger partial charge in [0.2, 0.25) is 0 Å². The van der Waals surface area contributed by atoms with Crippen molar-refractivity contribution in [2.75, 3.05) is 13.2 Å². The van der Waals surface area contributed by atoms with Gasteiger partial charge in [0, 0.05) is 42.0 Å². The van der Waals surface area contributed by atoms with Gasteiger partial charge < -0.3 is 29.4 Å². The lowest BCUT2D eigenvalue weighted by Crippen LogP contribution is -2.34. The van der Waals surface area contributed by atoms with Gasteiger partial charge in [-0.25, -0.2) is 4.79 Å². The highest BCUT2D eigenvalue weighted by Crippen LogP contribution is 2.61. The molecule has 2 heterocycles. The van der Waals surface area contributed by atoms with Crippen LogP contribution in [0.5, 0.6) is 23.0 Å². The van der Waals surface area contributed by atoms with Gasteiger partial charge in [0.15, 0.2) is 17.1 Å². The van der Waals surface area contributed by atoms with E-state index in [9.17, 15) is 19.2 Å². The number of fused-ring (bicyclic) bond motifs is 6. The first-order chi connectivity index (χ1) is 23.8. The Morgan fingerprint density at radius 2 is 1.27 bits per heavy atom. The van der Waals surface area contributed by atoms with Gasteiger partial charge >= 0.3 is 17.9 Å². The van der Waals surface area contributed by atoms with Crippen LogP contribution in [-0.2, 0) is 19.9 Å². The Balaban J connectivity index is 1.72. The summed E-state index contributed by atoms with van der Waals surface area (Å²) in [4.78, 5) is 53.1. The van der Waals surface area contributed by atoms with E-state index in [0.717, 1.165) is 12.8 Å². The molecule has 0 radical (unpaired) electrons. The number of aliphatic hydroxyl groups is 1. The van der Waals surface area contributed by atoms with Crippen molar-refractivity contribution in [1.82, 2.24) is 5.32 Å². The number of carbonyl (C=O) groups is 4. The van der Waals surface area contributed by atoms with Crippen molar-refractivity contribution in [2.24, 2.45) is 10.8 Å². The van der Waals surface area contributed by atoms with Gasteiger partial charge in [-0.2, -0.15) is 0 Å². The molecule has 0 saturated carbocycles. The standard InChI is InChI=1S/C37H37Cl4NO9/c1-35(2,3)33(46)49-26-16-24-19(14-21(26)38)37(20-15-22(39)27(17-25(20)48-24)50-34(47)36(4,5)6)29-28(32(45)51-37)23(40)13-18(30(29)41)31(44)42-11-9-7-8-10-12-43/h13-17,43H,7-12H2,1-6H3,(H,42,44). The van der Waals surface area contributed by atoms with Crippen LogP contribution in [0.4, 0.5) is 0 Å². The number of rotatable bonds is 9. The molecular formula is C37H37Cl4NO9. The Morgan fingerprint density at radius 3 is 1.76 bits per heavy atom. The first-order valence-electron chi connectivity index (χ1n) is 16.3. The minimum atomic E-state index is -1.94. The molecule has 0 bridgehead atoms. The number of halogens is 4. The molecule has 3 aromatic rings. The number of nitrogens with one attached hydrogen (secondary N) is 1. The highest BCUT2D eigenvalue weighted by molar-refractivity contribution is 6.39. The number of ether oxygens (including phenoxy) is 4. The van der Waals surface area contributed by atoms with Crippen molar-refractivity contribution in [3.8, 4) is 23.0 Å². The first-order valence-corrected chi connectivity index (χ1v) is 17.8. The molecule has 2 aliphatic heterocycles. The van der Waals surface area contributed by atoms with Crippen LogP contribution < -0.4 is 19.5 Å². The fraction of sp³-hybridized carbons (Fsp3) is 0.405. The van der Waals surface area contributed by atoms with Crippen LogP contribution in [-0.4, -0.2) is 42.1 Å².